The molecular formula is C17H18Cl2O6. The van der Waals surface area contributed by atoms with E-state index >= 15 is 0 Å². The molecule has 1 aliphatic rings. The molecule has 0 aliphatic heterocycles. The van der Waals surface area contributed by atoms with Gasteiger partial charge in [-0.15, -0.1) is 0 Å². The Kier molecular flexibility index (Phi) is 5.76. The molecule has 1 aromatic rings. The predicted octanol–water partition coefficient (Wildman–Crippen LogP) is 2.38. The lowest BCUT2D eigenvalue weighted by Crippen LogP contribution is -2.55. The highest BCUT2D eigenvalue weighted by atomic mass is 35.5. The molecule has 6 nitrogen and oxygen atoms in total. The summed E-state index contributed by atoms with van der Waals surface area (Å²) in [5.74, 6) is -5.45. The van der Waals surface area contributed by atoms with Crippen molar-refractivity contribution in [1.82, 2.24) is 0 Å². The van der Waals surface area contributed by atoms with E-state index in [4.69, 9.17) is 32.7 Å². The van der Waals surface area contributed by atoms with Crippen LogP contribution in [0.2, 0.25) is 10.0 Å². The largest absolute Gasteiger partial charge is 0.469 e. The minimum atomic E-state index is -1.69. The van der Waals surface area contributed by atoms with Gasteiger partial charge in [0.2, 0.25) is 0 Å². The Morgan fingerprint density at radius 1 is 1.16 bits per heavy atom. The van der Waals surface area contributed by atoms with E-state index in [2.05, 4.69) is 0 Å². The van der Waals surface area contributed by atoms with E-state index < -0.39 is 41.1 Å². The van der Waals surface area contributed by atoms with Crippen molar-refractivity contribution >= 4 is 40.9 Å². The third-order valence-corrected chi connectivity index (χ3v) is 5.25. The number of carbonyl (C=O) groups excluding carboxylic acids is 3. The topological polar surface area (TPSA) is 89.9 Å². The monoisotopic (exact) mass is 388 g/mol. The number of carbonyl (C=O) groups is 3. The Morgan fingerprint density at radius 2 is 1.76 bits per heavy atom. The SMILES string of the molecule is COC(=O)C1C(=O)CC(C)(O)C(C(=O)OC)C1c1ccc(Cl)c(Cl)c1. The Labute approximate surface area is 155 Å². The van der Waals surface area contributed by atoms with Crippen LogP contribution in [-0.4, -0.2) is 42.6 Å². The molecule has 1 aliphatic carbocycles. The predicted molar refractivity (Wildman–Crippen MR) is 90.5 cm³/mol. The van der Waals surface area contributed by atoms with Gasteiger partial charge in [0.05, 0.1) is 35.8 Å². The number of methoxy groups -OCH3 is 2. The molecule has 0 spiro atoms. The first-order chi connectivity index (χ1) is 11.6. The number of rotatable bonds is 3. The van der Waals surface area contributed by atoms with E-state index in [-0.39, 0.29) is 16.5 Å². The smallest absolute Gasteiger partial charge is 0.316 e. The van der Waals surface area contributed by atoms with Crippen molar-refractivity contribution in [2.45, 2.75) is 24.9 Å². The molecule has 4 atom stereocenters. The normalized spacial score (nSPS) is 29.2. The summed E-state index contributed by atoms with van der Waals surface area (Å²) in [6.07, 6.45) is -0.371. The quantitative estimate of drug-likeness (QED) is 0.631. The second kappa shape index (κ2) is 7.32. The molecule has 0 heterocycles. The summed E-state index contributed by atoms with van der Waals surface area (Å²) in [6, 6.07) is 4.52. The van der Waals surface area contributed by atoms with Crippen molar-refractivity contribution in [3.8, 4) is 0 Å². The van der Waals surface area contributed by atoms with Crippen LogP contribution >= 0.6 is 23.2 Å². The van der Waals surface area contributed by atoms with Gasteiger partial charge in [0.1, 0.15) is 5.92 Å². The van der Waals surface area contributed by atoms with Gasteiger partial charge in [-0.25, -0.2) is 0 Å². The number of Topliss-reactive ketones (excluding diaryl/α,β-unsaturated/α-hetero) is 1. The molecule has 0 amide bonds. The summed E-state index contributed by atoms with van der Waals surface area (Å²) in [6.45, 7) is 1.37. The van der Waals surface area contributed by atoms with Gasteiger partial charge in [-0.1, -0.05) is 29.3 Å². The van der Waals surface area contributed by atoms with Crippen LogP contribution in [0.3, 0.4) is 0 Å². The van der Waals surface area contributed by atoms with Gasteiger partial charge in [-0.05, 0) is 24.6 Å². The van der Waals surface area contributed by atoms with Gasteiger partial charge in [0.25, 0.3) is 0 Å². The summed E-state index contributed by atoms with van der Waals surface area (Å²) in [5.41, 5.74) is -1.28. The highest BCUT2D eigenvalue weighted by Crippen LogP contribution is 2.47. The number of halogens is 2. The maximum atomic E-state index is 12.5. The number of esters is 2. The first kappa shape index (κ1) is 19.7. The maximum Gasteiger partial charge on any atom is 0.316 e. The fourth-order valence-corrected chi connectivity index (χ4v) is 3.70. The molecule has 136 valence electrons. The molecule has 8 heteroatoms. The second-order valence-corrected chi connectivity index (χ2v) is 7.02. The van der Waals surface area contributed by atoms with Crippen molar-refractivity contribution in [3.63, 3.8) is 0 Å². The average Bonchev–Trinajstić information content (AvgIpc) is 2.54. The van der Waals surface area contributed by atoms with Crippen molar-refractivity contribution in [1.29, 1.82) is 0 Å². The lowest BCUT2D eigenvalue weighted by molar-refractivity contribution is -0.170. The van der Waals surface area contributed by atoms with Gasteiger partial charge in [-0.2, -0.15) is 0 Å². The van der Waals surface area contributed by atoms with Crippen LogP contribution in [0.1, 0.15) is 24.8 Å². The Balaban J connectivity index is 2.68. The first-order valence-corrected chi connectivity index (χ1v) is 8.25. The lowest BCUT2D eigenvalue weighted by Gasteiger charge is -2.43. The minimum Gasteiger partial charge on any atom is -0.469 e. The van der Waals surface area contributed by atoms with Crippen molar-refractivity contribution in [3.05, 3.63) is 33.8 Å². The van der Waals surface area contributed by atoms with Crippen molar-refractivity contribution in [2.24, 2.45) is 11.8 Å². The molecule has 2 rings (SSSR count). The number of hydrogen-bond donors (Lipinski definition) is 1. The van der Waals surface area contributed by atoms with Crippen LogP contribution in [0, 0.1) is 11.8 Å². The molecule has 0 bridgehead atoms. The first-order valence-electron chi connectivity index (χ1n) is 7.49. The molecule has 4 unspecified atom stereocenters. The number of ketones is 1. The number of ether oxygens (including phenoxy) is 2. The number of benzene rings is 1. The van der Waals surface area contributed by atoms with Crippen LogP contribution < -0.4 is 0 Å². The highest BCUT2D eigenvalue weighted by Gasteiger charge is 2.56. The maximum absolute atomic E-state index is 12.5. The van der Waals surface area contributed by atoms with E-state index in [0.717, 1.165) is 7.11 Å². The van der Waals surface area contributed by atoms with Crippen LogP contribution in [0.4, 0.5) is 0 Å². The standard InChI is InChI=1S/C17H18Cl2O6/c1-17(23)7-11(20)13(15(21)24-2)12(14(17)16(22)25-3)8-4-5-9(18)10(19)6-8/h4-6,12-14,23H,7H2,1-3H3. The highest BCUT2D eigenvalue weighted by molar-refractivity contribution is 6.42. The molecule has 0 aromatic heterocycles. The van der Waals surface area contributed by atoms with Gasteiger partial charge >= 0.3 is 11.9 Å². The van der Waals surface area contributed by atoms with E-state index in [9.17, 15) is 19.5 Å². The van der Waals surface area contributed by atoms with Crippen LogP contribution in [-0.2, 0) is 23.9 Å². The van der Waals surface area contributed by atoms with Crippen molar-refractivity contribution < 1.29 is 29.0 Å². The summed E-state index contributed by atoms with van der Waals surface area (Å²) < 4.78 is 9.55. The summed E-state index contributed by atoms with van der Waals surface area (Å²) in [5, 5.41) is 11.2. The minimum absolute atomic E-state index is 0.198. The zero-order chi connectivity index (χ0) is 18.9. The van der Waals surface area contributed by atoms with E-state index in [0.29, 0.717) is 5.56 Å². The molecule has 1 aromatic carbocycles. The summed E-state index contributed by atoms with van der Waals surface area (Å²) in [4.78, 5) is 37.2. The van der Waals surface area contributed by atoms with Crippen LogP contribution in [0.25, 0.3) is 0 Å². The van der Waals surface area contributed by atoms with Crippen molar-refractivity contribution in [2.75, 3.05) is 14.2 Å². The van der Waals surface area contributed by atoms with Gasteiger partial charge in [0, 0.05) is 12.3 Å². The van der Waals surface area contributed by atoms with E-state index in [1.807, 2.05) is 0 Å². The van der Waals surface area contributed by atoms with Gasteiger partial charge < -0.3 is 14.6 Å². The zero-order valence-electron chi connectivity index (χ0n) is 13.9. The summed E-state index contributed by atoms with van der Waals surface area (Å²) >= 11 is 12.0. The fourth-order valence-electron chi connectivity index (χ4n) is 3.39. The van der Waals surface area contributed by atoms with Crippen LogP contribution in [0.5, 0.6) is 0 Å². The third-order valence-electron chi connectivity index (χ3n) is 4.51. The van der Waals surface area contributed by atoms with E-state index in [1.54, 1.807) is 6.07 Å². The Bertz CT molecular complexity index is 715. The molecule has 1 saturated carbocycles. The molecule has 1 N–H and O–H groups in total. The molecule has 1 fully saturated rings. The molecule has 0 saturated heterocycles. The van der Waals surface area contributed by atoms with Gasteiger partial charge in [0.15, 0.2) is 5.78 Å². The fraction of sp³-hybridized carbons (Fsp3) is 0.471. The Hall–Kier alpha value is -1.63. The number of aliphatic hydroxyl groups is 1. The second-order valence-electron chi connectivity index (χ2n) is 6.20. The average molecular weight is 389 g/mol. The number of hydrogen-bond acceptors (Lipinski definition) is 6. The Morgan fingerprint density at radius 3 is 2.28 bits per heavy atom. The lowest BCUT2D eigenvalue weighted by atomic mass is 9.62. The molecule has 0 radical (unpaired) electrons. The summed E-state index contributed by atoms with van der Waals surface area (Å²) in [7, 11) is 2.33. The third kappa shape index (κ3) is 3.66. The molecule has 25 heavy (non-hydrogen) atoms. The van der Waals surface area contributed by atoms with Gasteiger partial charge in [-0.3, -0.25) is 14.4 Å². The zero-order valence-corrected chi connectivity index (χ0v) is 15.4. The molecular weight excluding hydrogens is 371 g/mol. The van der Waals surface area contributed by atoms with E-state index in [1.165, 1.54) is 26.2 Å². The van der Waals surface area contributed by atoms with Crippen LogP contribution in [0.15, 0.2) is 18.2 Å².